The fourth-order valence-electron chi connectivity index (χ4n) is 1.97. The number of benzene rings is 1. The van der Waals surface area contributed by atoms with Gasteiger partial charge in [-0.15, -0.1) is 11.3 Å². The minimum absolute atomic E-state index is 0.593. The van der Waals surface area contributed by atoms with Crippen molar-refractivity contribution < 1.29 is 4.42 Å². The highest BCUT2D eigenvalue weighted by Gasteiger charge is 2.09. The van der Waals surface area contributed by atoms with Crippen molar-refractivity contribution in [3.63, 3.8) is 0 Å². The molecule has 0 aliphatic rings. The molecule has 108 valence electrons. The van der Waals surface area contributed by atoms with E-state index in [0.29, 0.717) is 18.2 Å². The number of nitrogens with one attached hydrogen (secondary N) is 1. The normalized spacial score (nSPS) is 10.7. The van der Waals surface area contributed by atoms with Crippen molar-refractivity contribution in [1.82, 2.24) is 15.2 Å². The summed E-state index contributed by atoms with van der Waals surface area (Å²) in [6.45, 7) is 1.29. The van der Waals surface area contributed by atoms with Gasteiger partial charge in [-0.3, -0.25) is 0 Å². The first-order valence-corrected chi connectivity index (χ1v) is 7.80. The molecular formula is C15H15N3OS2. The van der Waals surface area contributed by atoms with Crippen molar-refractivity contribution >= 4 is 38.9 Å². The van der Waals surface area contributed by atoms with Gasteiger partial charge in [0, 0.05) is 7.05 Å². The SMILES string of the molecule is CN(Cc1nc2ccccc2s1)C(=S)NCc1ccco1. The zero-order valence-electron chi connectivity index (χ0n) is 11.6. The number of hydrogen-bond acceptors (Lipinski definition) is 4. The number of hydrogen-bond donors (Lipinski definition) is 1. The van der Waals surface area contributed by atoms with E-state index in [9.17, 15) is 0 Å². The van der Waals surface area contributed by atoms with Crippen LogP contribution in [0.4, 0.5) is 0 Å². The Morgan fingerprint density at radius 1 is 1.33 bits per heavy atom. The van der Waals surface area contributed by atoms with Crippen LogP contribution in [0, 0.1) is 0 Å². The molecule has 0 unspecified atom stereocenters. The highest BCUT2D eigenvalue weighted by atomic mass is 32.1. The molecule has 3 rings (SSSR count). The Bertz CT molecular complexity index is 703. The zero-order valence-corrected chi connectivity index (χ0v) is 13.2. The van der Waals surface area contributed by atoms with Crippen molar-refractivity contribution in [3.05, 3.63) is 53.4 Å². The van der Waals surface area contributed by atoms with E-state index >= 15 is 0 Å². The number of nitrogens with zero attached hydrogens (tertiary/aromatic N) is 2. The van der Waals surface area contributed by atoms with Crippen LogP contribution in [-0.4, -0.2) is 22.0 Å². The van der Waals surface area contributed by atoms with Crippen molar-refractivity contribution in [2.24, 2.45) is 0 Å². The van der Waals surface area contributed by atoms with Gasteiger partial charge in [-0.2, -0.15) is 0 Å². The maximum Gasteiger partial charge on any atom is 0.169 e. The molecule has 0 saturated carbocycles. The molecule has 0 bridgehead atoms. The van der Waals surface area contributed by atoms with Gasteiger partial charge in [0.2, 0.25) is 0 Å². The van der Waals surface area contributed by atoms with Gasteiger partial charge in [0.15, 0.2) is 5.11 Å². The van der Waals surface area contributed by atoms with Crippen LogP contribution in [-0.2, 0) is 13.1 Å². The van der Waals surface area contributed by atoms with Crippen molar-refractivity contribution in [2.75, 3.05) is 7.05 Å². The van der Waals surface area contributed by atoms with Gasteiger partial charge in [-0.05, 0) is 36.5 Å². The molecule has 0 atom stereocenters. The third-order valence-corrected chi connectivity index (χ3v) is 4.53. The van der Waals surface area contributed by atoms with Crippen LogP contribution in [0.1, 0.15) is 10.8 Å². The average molecular weight is 317 g/mol. The highest BCUT2D eigenvalue weighted by molar-refractivity contribution is 7.80. The van der Waals surface area contributed by atoms with Crippen molar-refractivity contribution in [2.45, 2.75) is 13.1 Å². The summed E-state index contributed by atoms with van der Waals surface area (Å²) < 4.78 is 6.47. The number of thiocarbonyl (C=S) groups is 1. The summed E-state index contributed by atoms with van der Waals surface area (Å²) in [7, 11) is 1.96. The Hall–Kier alpha value is -1.92. The number of thiazole rings is 1. The predicted octanol–water partition coefficient (Wildman–Crippen LogP) is 3.40. The molecule has 0 saturated heterocycles. The monoisotopic (exact) mass is 317 g/mol. The molecule has 2 aromatic heterocycles. The topological polar surface area (TPSA) is 41.3 Å². The predicted molar refractivity (Wildman–Crippen MR) is 89.2 cm³/mol. The molecule has 0 radical (unpaired) electrons. The quantitative estimate of drug-likeness (QED) is 0.747. The third kappa shape index (κ3) is 3.40. The second-order valence-corrected chi connectivity index (χ2v) is 6.17. The molecule has 6 heteroatoms. The molecule has 21 heavy (non-hydrogen) atoms. The summed E-state index contributed by atoms with van der Waals surface area (Å²) in [6, 6.07) is 11.9. The summed E-state index contributed by atoms with van der Waals surface area (Å²) in [6.07, 6.45) is 1.66. The lowest BCUT2D eigenvalue weighted by molar-refractivity contribution is 0.468. The highest BCUT2D eigenvalue weighted by Crippen LogP contribution is 2.22. The van der Waals surface area contributed by atoms with E-state index in [1.165, 1.54) is 4.70 Å². The Morgan fingerprint density at radius 2 is 2.19 bits per heavy atom. The molecule has 4 nitrogen and oxygen atoms in total. The Balaban J connectivity index is 1.59. The van der Waals surface area contributed by atoms with Crippen LogP contribution in [0.15, 0.2) is 47.1 Å². The lowest BCUT2D eigenvalue weighted by atomic mass is 10.3. The number of furan rings is 1. The van der Waals surface area contributed by atoms with Gasteiger partial charge in [0.25, 0.3) is 0 Å². The van der Waals surface area contributed by atoms with Crippen LogP contribution >= 0.6 is 23.6 Å². The van der Waals surface area contributed by atoms with E-state index in [4.69, 9.17) is 16.6 Å². The first-order valence-electron chi connectivity index (χ1n) is 6.58. The minimum Gasteiger partial charge on any atom is -0.467 e. The summed E-state index contributed by atoms with van der Waals surface area (Å²) in [4.78, 5) is 6.60. The molecular weight excluding hydrogens is 302 g/mol. The first kappa shape index (κ1) is 14.0. The van der Waals surface area contributed by atoms with Gasteiger partial charge in [0.1, 0.15) is 10.8 Å². The number of rotatable bonds is 4. The van der Waals surface area contributed by atoms with E-state index in [2.05, 4.69) is 16.4 Å². The van der Waals surface area contributed by atoms with E-state index in [0.717, 1.165) is 16.3 Å². The zero-order chi connectivity index (χ0) is 14.7. The Kier molecular flexibility index (Phi) is 4.17. The summed E-state index contributed by atoms with van der Waals surface area (Å²) >= 11 is 7.08. The molecule has 3 aromatic rings. The van der Waals surface area contributed by atoms with Crippen LogP contribution in [0.5, 0.6) is 0 Å². The fourth-order valence-corrected chi connectivity index (χ4v) is 3.13. The average Bonchev–Trinajstić information content (AvgIpc) is 3.13. The first-order chi connectivity index (χ1) is 10.2. The molecule has 0 aliphatic carbocycles. The second-order valence-electron chi connectivity index (χ2n) is 4.67. The van der Waals surface area contributed by atoms with E-state index in [1.54, 1.807) is 17.6 Å². The number of aromatic nitrogens is 1. The van der Waals surface area contributed by atoms with E-state index in [1.807, 2.05) is 42.3 Å². The van der Waals surface area contributed by atoms with Crippen molar-refractivity contribution in [1.29, 1.82) is 0 Å². The molecule has 0 fully saturated rings. The van der Waals surface area contributed by atoms with Crippen LogP contribution in [0.3, 0.4) is 0 Å². The molecule has 2 heterocycles. The summed E-state index contributed by atoms with van der Waals surface area (Å²) in [5.41, 5.74) is 1.04. The second kappa shape index (κ2) is 6.24. The minimum atomic E-state index is 0.593. The Labute approximate surface area is 132 Å². The maximum absolute atomic E-state index is 5.38. The largest absolute Gasteiger partial charge is 0.467 e. The van der Waals surface area contributed by atoms with Gasteiger partial charge < -0.3 is 14.6 Å². The maximum atomic E-state index is 5.38. The Morgan fingerprint density at radius 3 is 2.95 bits per heavy atom. The van der Waals surface area contributed by atoms with Gasteiger partial charge >= 0.3 is 0 Å². The summed E-state index contributed by atoms with van der Waals surface area (Å²) in [5, 5.41) is 4.92. The standard InChI is InChI=1S/C15H15N3OS2/c1-18(15(20)16-9-11-5-4-8-19-11)10-14-17-12-6-2-3-7-13(12)21-14/h2-8H,9-10H2,1H3,(H,16,20). The number of para-hydroxylation sites is 1. The fraction of sp³-hybridized carbons (Fsp3) is 0.200. The van der Waals surface area contributed by atoms with Gasteiger partial charge in [-0.25, -0.2) is 4.98 Å². The lowest BCUT2D eigenvalue weighted by Crippen LogP contribution is -2.36. The van der Waals surface area contributed by atoms with Crippen LogP contribution in [0.2, 0.25) is 0 Å². The van der Waals surface area contributed by atoms with E-state index in [-0.39, 0.29) is 0 Å². The smallest absolute Gasteiger partial charge is 0.169 e. The molecule has 1 aromatic carbocycles. The number of fused-ring (bicyclic) bond motifs is 1. The molecule has 1 N–H and O–H groups in total. The van der Waals surface area contributed by atoms with Gasteiger partial charge in [0.05, 0.1) is 29.6 Å². The lowest BCUT2D eigenvalue weighted by Gasteiger charge is -2.19. The van der Waals surface area contributed by atoms with Crippen LogP contribution < -0.4 is 5.32 Å². The molecule has 0 aliphatic heterocycles. The molecule has 0 amide bonds. The third-order valence-electron chi connectivity index (χ3n) is 3.05. The van der Waals surface area contributed by atoms with Crippen LogP contribution in [0.25, 0.3) is 10.2 Å². The van der Waals surface area contributed by atoms with E-state index < -0.39 is 0 Å². The molecule has 0 spiro atoms. The van der Waals surface area contributed by atoms with Crippen molar-refractivity contribution in [3.8, 4) is 0 Å². The van der Waals surface area contributed by atoms with Gasteiger partial charge in [-0.1, -0.05) is 12.1 Å². The summed E-state index contributed by atoms with van der Waals surface area (Å²) in [5.74, 6) is 0.866.